The van der Waals surface area contributed by atoms with E-state index in [2.05, 4.69) is 57.2 Å². The molecule has 0 aromatic heterocycles. The Labute approximate surface area is 455 Å². The fraction of sp³-hybridized carbons (Fsp3) is 0.866. The van der Waals surface area contributed by atoms with Crippen LogP contribution in [0.5, 0.6) is 0 Å². The number of esters is 3. The molecule has 73 heavy (non-hydrogen) atoms. The van der Waals surface area contributed by atoms with Crippen LogP contribution in [-0.4, -0.2) is 37.2 Å². The van der Waals surface area contributed by atoms with Crippen molar-refractivity contribution in [3.8, 4) is 0 Å². The summed E-state index contributed by atoms with van der Waals surface area (Å²) in [5.41, 5.74) is 0. The molecule has 1 unspecified atom stereocenters. The molecule has 6 heteroatoms. The van der Waals surface area contributed by atoms with Crippen molar-refractivity contribution in [2.45, 2.75) is 361 Å². The predicted octanol–water partition coefficient (Wildman–Crippen LogP) is 22.0. The molecule has 428 valence electrons. The Morgan fingerprint density at radius 1 is 0.274 bits per heavy atom. The summed E-state index contributed by atoms with van der Waals surface area (Å²) in [7, 11) is 0. The van der Waals surface area contributed by atoms with Gasteiger partial charge in [-0.1, -0.05) is 295 Å². The molecule has 0 aliphatic rings. The lowest BCUT2D eigenvalue weighted by molar-refractivity contribution is -0.167. The lowest BCUT2D eigenvalue weighted by atomic mass is 10.0. The summed E-state index contributed by atoms with van der Waals surface area (Å²) in [6.07, 6.45) is 75.7. The highest BCUT2D eigenvalue weighted by Crippen LogP contribution is 2.17. The highest BCUT2D eigenvalue weighted by atomic mass is 16.6. The Hall–Kier alpha value is -2.37. The number of unbranched alkanes of at least 4 members (excludes halogenated alkanes) is 43. The molecule has 0 rings (SSSR count). The Balaban J connectivity index is 4.34. The first-order chi connectivity index (χ1) is 36.0. The molecule has 0 saturated carbocycles. The highest BCUT2D eigenvalue weighted by molar-refractivity contribution is 5.71. The molecular weight excluding hydrogens is 901 g/mol. The van der Waals surface area contributed by atoms with Gasteiger partial charge in [0, 0.05) is 19.3 Å². The van der Waals surface area contributed by atoms with E-state index >= 15 is 0 Å². The number of carbonyl (C=O) groups excluding carboxylic acids is 3. The Morgan fingerprint density at radius 2 is 0.493 bits per heavy atom. The molecule has 0 heterocycles. The smallest absolute Gasteiger partial charge is 0.306 e. The minimum atomic E-state index is -0.775. The summed E-state index contributed by atoms with van der Waals surface area (Å²) in [5, 5.41) is 0. The molecule has 6 nitrogen and oxygen atoms in total. The van der Waals surface area contributed by atoms with Crippen LogP contribution in [0.4, 0.5) is 0 Å². The van der Waals surface area contributed by atoms with Crippen LogP contribution in [-0.2, 0) is 28.6 Å². The highest BCUT2D eigenvalue weighted by Gasteiger charge is 2.19. The van der Waals surface area contributed by atoms with E-state index in [4.69, 9.17) is 14.2 Å². The molecular formula is C67H124O6. The van der Waals surface area contributed by atoms with Crippen molar-refractivity contribution in [2.75, 3.05) is 13.2 Å². The minimum absolute atomic E-state index is 0.0716. The quantitative estimate of drug-likeness (QED) is 0.0261. The number of allylic oxidation sites excluding steroid dienone is 6. The van der Waals surface area contributed by atoms with E-state index in [-0.39, 0.29) is 31.1 Å². The van der Waals surface area contributed by atoms with Gasteiger partial charge in [-0.3, -0.25) is 14.4 Å². The predicted molar refractivity (Wildman–Crippen MR) is 316 cm³/mol. The van der Waals surface area contributed by atoms with Gasteiger partial charge in [-0.25, -0.2) is 0 Å². The minimum Gasteiger partial charge on any atom is -0.462 e. The summed E-state index contributed by atoms with van der Waals surface area (Å²) in [5.74, 6) is -0.856. The van der Waals surface area contributed by atoms with E-state index in [0.29, 0.717) is 19.3 Å². The van der Waals surface area contributed by atoms with Crippen LogP contribution in [0.1, 0.15) is 355 Å². The van der Waals surface area contributed by atoms with Crippen LogP contribution in [0.25, 0.3) is 0 Å². The van der Waals surface area contributed by atoms with E-state index in [1.807, 2.05) is 0 Å². The largest absolute Gasteiger partial charge is 0.462 e. The summed E-state index contributed by atoms with van der Waals surface area (Å²) in [6, 6.07) is 0. The second kappa shape index (κ2) is 62.2. The van der Waals surface area contributed by atoms with Gasteiger partial charge in [0.25, 0.3) is 0 Å². The molecule has 0 spiro atoms. The second-order valence-corrected chi connectivity index (χ2v) is 22.0. The zero-order valence-electron chi connectivity index (χ0n) is 49.2. The average molecular weight is 1030 g/mol. The molecule has 1 atom stereocenters. The van der Waals surface area contributed by atoms with Crippen molar-refractivity contribution >= 4 is 17.9 Å². The third-order valence-corrected chi connectivity index (χ3v) is 14.6. The molecule has 0 aliphatic carbocycles. The Kier molecular flexibility index (Phi) is 60.2. The molecule has 0 radical (unpaired) electrons. The van der Waals surface area contributed by atoms with Crippen LogP contribution < -0.4 is 0 Å². The van der Waals surface area contributed by atoms with E-state index in [0.717, 1.165) is 70.6 Å². The molecule has 0 N–H and O–H groups in total. The van der Waals surface area contributed by atoms with Gasteiger partial charge in [0.05, 0.1) is 0 Å². The lowest BCUT2D eigenvalue weighted by Crippen LogP contribution is -2.30. The zero-order chi connectivity index (χ0) is 52.9. The SMILES string of the molecule is CCCCCC/C=C\C/C=C\CCCCCCCCCC(=O)OC(COC(=O)CCCCCCCCCCC/C=C\CCCCCCCC)COC(=O)CCCCCCCCCCCCCCCCCCCC. The topological polar surface area (TPSA) is 78.9 Å². The van der Waals surface area contributed by atoms with Gasteiger partial charge in [0.15, 0.2) is 6.10 Å². The lowest BCUT2D eigenvalue weighted by Gasteiger charge is -2.18. The Morgan fingerprint density at radius 3 is 0.781 bits per heavy atom. The maximum absolute atomic E-state index is 12.9. The molecule has 0 amide bonds. The van der Waals surface area contributed by atoms with Crippen LogP contribution in [0.2, 0.25) is 0 Å². The number of carbonyl (C=O) groups is 3. The number of hydrogen-bond donors (Lipinski definition) is 0. The van der Waals surface area contributed by atoms with E-state index in [1.165, 1.54) is 244 Å². The monoisotopic (exact) mass is 1020 g/mol. The third-order valence-electron chi connectivity index (χ3n) is 14.6. The Bertz CT molecular complexity index is 1220. The number of ether oxygens (including phenoxy) is 3. The molecule has 0 aromatic rings. The second-order valence-electron chi connectivity index (χ2n) is 22.0. The standard InChI is InChI=1S/C67H124O6/c1-4-7-10-13-16-19-22-25-28-31-34-37-39-42-45-48-51-54-57-60-66(69)72-63-64(73-67(70)61-58-55-52-49-46-43-40-36-33-30-27-24-21-18-15-12-9-6-3)62-71-65(68)59-56-53-50-47-44-41-38-35-32-29-26-23-20-17-14-11-8-5-2/h21,24-25,28,30,33,64H,4-20,22-23,26-27,29,31-32,34-63H2,1-3H3/b24-21-,28-25-,33-30-. The summed E-state index contributed by atoms with van der Waals surface area (Å²) >= 11 is 0. The summed E-state index contributed by atoms with van der Waals surface area (Å²) in [4.78, 5) is 38.3. The molecule has 0 fully saturated rings. The average Bonchev–Trinajstić information content (AvgIpc) is 3.39. The first kappa shape index (κ1) is 70.6. The maximum atomic E-state index is 12.9. The van der Waals surface area contributed by atoms with Crippen LogP contribution in [0.15, 0.2) is 36.5 Å². The fourth-order valence-corrected chi connectivity index (χ4v) is 9.71. The van der Waals surface area contributed by atoms with Crippen molar-refractivity contribution in [3.05, 3.63) is 36.5 Å². The van der Waals surface area contributed by atoms with Crippen LogP contribution in [0.3, 0.4) is 0 Å². The fourth-order valence-electron chi connectivity index (χ4n) is 9.71. The van der Waals surface area contributed by atoms with Crippen molar-refractivity contribution in [3.63, 3.8) is 0 Å². The molecule has 0 aliphatic heterocycles. The van der Waals surface area contributed by atoms with Crippen LogP contribution >= 0.6 is 0 Å². The van der Waals surface area contributed by atoms with Gasteiger partial charge in [-0.2, -0.15) is 0 Å². The van der Waals surface area contributed by atoms with Gasteiger partial charge in [-0.15, -0.1) is 0 Å². The normalized spacial score (nSPS) is 12.2. The van der Waals surface area contributed by atoms with Crippen molar-refractivity contribution in [1.82, 2.24) is 0 Å². The third kappa shape index (κ3) is 60.4. The van der Waals surface area contributed by atoms with Crippen molar-refractivity contribution in [1.29, 1.82) is 0 Å². The summed E-state index contributed by atoms with van der Waals surface area (Å²) in [6.45, 7) is 6.68. The zero-order valence-corrected chi connectivity index (χ0v) is 49.2. The molecule has 0 saturated heterocycles. The maximum Gasteiger partial charge on any atom is 0.306 e. The van der Waals surface area contributed by atoms with Crippen LogP contribution in [0, 0.1) is 0 Å². The van der Waals surface area contributed by atoms with Gasteiger partial charge in [-0.05, 0) is 77.0 Å². The van der Waals surface area contributed by atoms with Gasteiger partial charge >= 0.3 is 17.9 Å². The van der Waals surface area contributed by atoms with Crippen molar-refractivity contribution < 1.29 is 28.6 Å². The van der Waals surface area contributed by atoms with Crippen molar-refractivity contribution in [2.24, 2.45) is 0 Å². The summed E-state index contributed by atoms with van der Waals surface area (Å²) < 4.78 is 17.0. The first-order valence-electron chi connectivity index (χ1n) is 32.5. The number of hydrogen-bond acceptors (Lipinski definition) is 6. The van der Waals surface area contributed by atoms with Gasteiger partial charge in [0.1, 0.15) is 13.2 Å². The van der Waals surface area contributed by atoms with Gasteiger partial charge in [0.2, 0.25) is 0 Å². The molecule has 0 bridgehead atoms. The number of rotatable bonds is 60. The van der Waals surface area contributed by atoms with E-state index in [9.17, 15) is 14.4 Å². The van der Waals surface area contributed by atoms with E-state index in [1.54, 1.807) is 0 Å². The first-order valence-corrected chi connectivity index (χ1v) is 32.5. The van der Waals surface area contributed by atoms with E-state index < -0.39 is 6.10 Å². The van der Waals surface area contributed by atoms with Gasteiger partial charge < -0.3 is 14.2 Å². The molecule has 0 aromatic carbocycles.